The Balaban J connectivity index is 1.83. The van der Waals surface area contributed by atoms with Crippen LogP contribution in [0.25, 0.3) is 5.76 Å². The molecule has 1 saturated heterocycles. The summed E-state index contributed by atoms with van der Waals surface area (Å²) in [5, 5.41) is 21.3. The van der Waals surface area contributed by atoms with Gasteiger partial charge in [-0.25, -0.2) is 0 Å². The molecule has 2 N–H and O–H groups in total. The highest BCUT2D eigenvalue weighted by Crippen LogP contribution is 2.43. The molecule has 2 aliphatic heterocycles. The van der Waals surface area contributed by atoms with E-state index < -0.39 is 17.7 Å². The summed E-state index contributed by atoms with van der Waals surface area (Å²) in [7, 11) is 0. The molecule has 8 nitrogen and oxygen atoms in total. The van der Waals surface area contributed by atoms with E-state index in [1.165, 1.54) is 11.0 Å². The summed E-state index contributed by atoms with van der Waals surface area (Å²) in [6.45, 7) is 4.63. The van der Waals surface area contributed by atoms with Gasteiger partial charge in [0.25, 0.3) is 11.7 Å². The molecule has 0 radical (unpaired) electrons. The molecule has 0 spiro atoms. The first-order chi connectivity index (χ1) is 16.0. The SMILES string of the molecule is CCCCCN1C(=O)C(=O)/C(=C(/O)c2ccc3c(c2)OCO3)C1c1ccc(O)c(OCC)c1. The van der Waals surface area contributed by atoms with Crippen LogP contribution in [-0.4, -0.2) is 46.7 Å². The summed E-state index contributed by atoms with van der Waals surface area (Å²) >= 11 is 0. The summed E-state index contributed by atoms with van der Waals surface area (Å²) in [4.78, 5) is 27.6. The molecule has 8 heteroatoms. The molecule has 0 saturated carbocycles. The van der Waals surface area contributed by atoms with E-state index >= 15 is 0 Å². The molecule has 0 bridgehead atoms. The fourth-order valence-corrected chi connectivity index (χ4v) is 4.16. The van der Waals surface area contributed by atoms with Gasteiger partial charge in [0.2, 0.25) is 6.79 Å². The van der Waals surface area contributed by atoms with E-state index in [4.69, 9.17) is 14.2 Å². The molecule has 4 rings (SSSR count). The molecule has 2 aliphatic rings. The Morgan fingerprint density at radius 3 is 2.64 bits per heavy atom. The minimum Gasteiger partial charge on any atom is -0.507 e. The van der Waals surface area contributed by atoms with Crippen LogP contribution < -0.4 is 14.2 Å². The molecule has 0 aliphatic carbocycles. The number of unbranched alkanes of at least 4 members (excludes halogenated alkanes) is 2. The van der Waals surface area contributed by atoms with Gasteiger partial charge in [-0.15, -0.1) is 0 Å². The van der Waals surface area contributed by atoms with Crippen LogP contribution in [-0.2, 0) is 9.59 Å². The molecular formula is C25H27NO7. The van der Waals surface area contributed by atoms with Crippen molar-refractivity contribution in [1.82, 2.24) is 4.90 Å². The number of ketones is 1. The van der Waals surface area contributed by atoms with Crippen LogP contribution in [0.5, 0.6) is 23.0 Å². The predicted octanol–water partition coefficient (Wildman–Crippen LogP) is 4.13. The number of likely N-dealkylation sites (tertiary alicyclic amines) is 1. The number of fused-ring (bicyclic) bond motifs is 1. The first kappa shape index (κ1) is 22.5. The number of phenols is 1. The van der Waals surface area contributed by atoms with Crippen molar-refractivity contribution in [3.8, 4) is 23.0 Å². The molecule has 2 aromatic rings. The largest absolute Gasteiger partial charge is 0.507 e. The number of carbonyl (C=O) groups is 2. The molecular weight excluding hydrogens is 426 g/mol. The molecule has 1 atom stereocenters. The first-order valence-corrected chi connectivity index (χ1v) is 11.1. The Labute approximate surface area is 192 Å². The molecule has 2 heterocycles. The van der Waals surface area contributed by atoms with Crippen molar-refractivity contribution in [1.29, 1.82) is 0 Å². The summed E-state index contributed by atoms with van der Waals surface area (Å²) in [6.07, 6.45) is 2.58. The second kappa shape index (κ2) is 9.44. The quantitative estimate of drug-likeness (QED) is 0.268. The summed E-state index contributed by atoms with van der Waals surface area (Å²) < 4.78 is 16.2. The highest BCUT2D eigenvalue weighted by atomic mass is 16.7. The van der Waals surface area contributed by atoms with Gasteiger partial charge < -0.3 is 29.3 Å². The van der Waals surface area contributed by atoms with E-state index in [0.29, 0.717) is 35.8 Å². The average molecular weight is 453 g/mol. The van der Waals surface area contributed by atoms with Crippen molar-refractivity contribution in [2.45, 2.75) is 39.2 Å². The van der Waals surface area contributed by atoms with Crippen molar-refractivity contribution in [2.24, 2.45) is 0 Å². The number of amides is 1. The smallest absolute Gasteiger partial charge is 0.295 e. The van der Waals surface area contributed by atoms with E-state index in [1.54, 1.807) is 37.3 Å². The topological polar surface area (TPSA) is 106 Å². The highest BCUT2D eigenvalue weighted by molar-refractivity contribution is 6.46. The normalized spacial score (nSPS) is 18.7. The number of Topliss-reactive ketones (excluding diaryl/α,β-unsaturated/α-hetero) is 1. The van der Waals surface area contributed by atoms with Gasteiger partial charge in [-0.05, 0) is 49.2 Å². The maximum Gasteiger partial charge on any atom is 0.295 e. The van der Waals surface area contributed by atoms with Crippen LogP contribution in [0.2, 0.25) is 0 Å². The second-order valence-electron chi connectivity index (χ2n) is 7.93. The summed E-state index contributed by atoms with van der Waals surface area (Å²) in [5.74, 6) is -0.501. The molecule has 1 fully saturated rings. The fourth-order valence-electron chi connectivity index (χ4n) is 4.16. The lowest BCUT2D eigenvalue weighted by Gasteiger charge is -2.26. The molecule has 33 heavy (non-hydrogen) atoms. The minimum absolute atomic E-state index is 0.0106. The molecule has 0 aromatic heterocycles. The van der Waals surface area contributed by atoms with Crippen LogP contribution in [0.4, 0.5) is 0 Å². The Hall–Kier alpha value is -3.68. The number of benzene rings is 2. The van der Waals surface area contributed by atoms with E-state index in [-0.39, 0.29) is 29.6 Å². The van der Waals surface area contributed by atoms with Gasteiger partial charge in [0.05, 0.1) is 18.2 Å². The number of ether oxygens (including phenoxy) is 3. The maximum absolute atomic E-state index is 13.1. The van der Waals surface area contributed by atoms with Crippen molar-refractivity contribution in [2.75, 3.05) is 19.9 Å². The van der Waals surface area contributed by atoms with Crippen LogP contribution in [0.1, 0.15) is 50.3 Å². The number of aliphatic hydroxyl groups is 1. The number of hydrogen-bond acceptors (Lipinski definition) is 7. The second-order valence-corrected chi connectivity index (χ2v) is 7.93. The number of nitrogens with zero attached hydrogens (tertiary/aromatic N) is 1. The standard InChI is InChI=1S/C25H27NO7/c1-3-5-6-11-26-22(15-7-9-17(27)19(12-15)31-4-2)21(24(29)25(26)30)23(28)16-8-10-18-20(13-16)33-14-32-18/h7-10,12-13,22,27-28H,3-6,11,14H2,1-2H3/b23-21+. The van der Waals surface area contributed by atoms with E-state index in [2.05, 4.69) is 6.92 Å². The highest BCUT2D eigenvalue weighted by Gasteiger charge is 2.46. The zero-order valence-corrected chi connectivity index (χ0v) is 18.7. The number of aliphatic hydroxyl groups excluding tert-OH is 1. The van der Waals surface area contributed by atoms with Gasteiger partial charge in [0.15, 0.2) is 23.0 Å². The van der Waals surface area contributed by atoms with Crippen LogP contribution in [0.15, 0.2) is 42.0 Å². The predicted molar refractivity (Wildman–Crippen MR) is 120 cm³/mol. The molecule has 2 aromatic carbocycles. The maximum atomic E-state index is 13.1. The summed E-state index contributed by atoms with van der Waals surface area (Å²) in [5.41, 5.74) is 0.900. The van der Waals surface area contributed by atoms with Crippen molar-refractivity contribution >= 4 is 17.4 Å². The molecule has 174 valence electrons. The Morgan fingerprint density at radius 1 is 1.09 bits per heavy atom. The Kier molecular flexibility index (Phi) is 6.44. The van der Waals surface area contributed by atoms with Crippen molar-refractivity contribution in [3.05, 3.63) is 53.1 Å². The number of carbonyl (C=O) groups excluding carboxylic acids is 2. The van der Waals surface area contributed by atoms with Crippen LogP contribution >= 0.6 is 0 Å². The third kappa shape index (κ3) is 4.20. The lowest BCUT2D eigenvalue weighted by Crippen LogP contribution is -2.30. The van der Waals surface area contributed by atoms with Gasteiger partial charge in [0.1, 0.15) is 5.76 Å². The number of rotatable bonds is 8. The Bertz CT molecular complexity index is 1110. The average Bonchev–Trinajstić information content (AvgIpc) is 3.38. The number of aromatic hydroxyl groups is 1. The lowest BCUT2D eigenvalue weighted by atomic mass is 9.94. The third-order valence-corrected chi connectivity index (χ3v) is 5.79. The van der Waals surface area contributed by atoms with Gasteiger partial charge in [0, 0.05) is 12.1 Å². The minimum atomic E-state index is -0.813. The zero-order valence-electron chi connectivity index (χ0n) is 18.7. The van der Waals surface area contributed by atoms with E-state index in [9.17, 15) is 19.8 Å². The number of hydrogen-bond donors (Lipinski definition) is 2. The zero-order chi connectivity index (χ0) is 23.5. The van der Waals surface area contributed by atoms with Gasteiger partial charge in [-0.2, -0.15) is 0 Å². The van der Waals surface area contributed by atoms with Crippen LogP contribution in [0, 0.1) is 0 Å². The number of phenolic OH excluding ortho intramolecular Hbond substituents is 1. The fraction of sp³-hybridized carbons (Fsp3) is 0.360. The van der Waals surface area contributed by atoms with E-state index in [0.717, 1.165) is 19.3 Å². The van der Waals surface area contributed by atoms with Crippen LogP contribution in [0.3, 0.4) is 0 Å². The van der Waals surface area contributed by atoms with Gasteiger partial charge in [-0.3, -0.25) is 9.59 Å². The van der Waals surface area contributed by atoms with Gasteiger partial charge in [-0.1, -0.05) is 25.8 Å². The molecule has 1 amide bonds. The van der Waals surface area contributed by atoms with Crippen molar-refractivity contribution in [3.63, 3.8) is 0 Å². The third-order valence-electron chi connectivity index (χ3n) is 5.79. The molecule has 1 unspecified atom stereocenters. The first-order valence-electron chi connectivity index (χ1n) is 11.1. The monoisotopic (exact) mass is 453 g/mol. The Morgan fingerprint density at radius 2 is 1.88 bits per heavy atom. The van der Waals surface area contributed by atoms with Crippen molar-refractivity contribution < 1.29 is 34.0 Å². The lowest BCUT2D eigenvalue weighted by molar-refractivity contribution is -0.139. The summed E-state index contributed by atoms with van der Waals surface area (Å²) in [6, 6.07) is 8.74. The van der Waals surface area contributed by atoms with E-state index in [1.807, 2.05) is 0 Å². The van der Waals surface area contributed by atoms with Gasteiger partial charge >= 0.3 is 0 Å².